The molecule has 2 unspecified atom stereocenters. The molecule has 2 atom stereocenters. The highest BCUT2D eigenvalue weighted by Crippen LogP contribution is 2.46. The van der Waals surface area contributed by atoms with E-state index in [0.29, 0.717) is 24.0 Å². The maximum atomic E-state index is 13.2. The molecule has 0 bridgehead atoms. The predicted octanol–water partition coefficient (Wildman–Crippen LogP) is 7.85. The second-order valence-electron chi connectivity index (χ2n) is 12.9. The van der Waals surface area contributed by atoms with Gasteiger partial charge in [-0.1, -0.05) is 86.3 Å². The van der Waals surface area contributed by atoms with Crippen LogP contribution < -0.4 is 0 Å². The zero-order chi connectivity index (χ0) is 32.4. The minimum Gasteiger partial charge on any atom is -0.622 e. The third-order valence-electron chi connectivity index (χ3n) is 9.36. The van der Waals surface area contributed by atoms with Crippen molar-refractivity contribution in [3.8, 4) is 24.3 Å². The molecule has 230 valence electrons. The van der Waals surface area contributed by atoms with E-state index in [9.17, 15) is 31.5 Å². The summed E-state index contributed by atoms with van der Waals surface area (Å²) >= 11 is 0. The van der Waals surface area contributed by atoms with Gasteiger partial charge in [-0.2, -0.15) is 30.8 Å². The summed E-state index contributed by atoms with van der Waals surface area (Å²) in [7, 11) is 0. The van der Waals surface area contributed by atoms with Crippen molar-refractivity contribution in [2.45, 2.75) is 109 Å². The van der Waals surface area contributed by atoms with Gasteiger partial charge in [-0.15, -0.1) is 0 Å². The Morgan fingerprint density at radius 1 is 0.682 bits per heavy atom. The maximum Gasteiger partial charge on any atom is 0.301 e. The van der Waals surface area contributed by atoms with Gasteiger partial charge in [0.1, 0.15) is 11.5 Å². The fourth-order valence-electron chi connectivity index (χ4n) is 6.54. The number of rotatable bonds is 7. The normalized spacial score (nSPS) is 18.5. The first-order valence-corrected chi connectivity index (χ1v) is 15.6. The lowest BCUT2D eigenvalue weighted by Gasteiger charge is -2.46. The molecule has 0 aliphatic heterocycles. The molecule has 2 fully saturated rings. The van der Waals surface area contributed by atoms with Crippen molar-refractivity contribution < 1.29 is 9.95 Å². The van der Waals surface area contributed by atoms with Gasteiger partial charge in [0.05, 0.1) is 23.6 Å². The fourth-order valence-corrected chi connectivity index (χ4v) is 6.54. The van der Waals surface area contributed by atoms with Crippen LogP contribution >= 0.6 is 0 Å². The minimum atomic E-state index is -1.52. The van der Waals surface area contributed by atoms with Crippen molar-refractivity contribution in [3.05, 3.63) is 77.0 Å². The Hall–Kier alpha value is -4.21. The standard InChI is InChI=1S/C18H23N3O.C18H21N3O/c2*1-17(2,13-19)18(14-20,15-9-5-3-6-10-15)21(22)16-11-7-4-8-12-16/h3,5-6,9-10,16,22H,4,7-8,11-12H2,1-2H3;3,5-6,9-10H,4,7-8,11-12H2,1-2H3. The van der Waals surface area contributed by atoms with Crippen molar-refractivity contribution in [1.29, 1.82) is 21.0 Å². The summed E-state index contributed by atoms with van der Waals surface area (Å²) < 4.78 is 0.838. The Morgan fingerprint density at radius 3 is 1.61 bits per heavy atom. The van der Waals surface area contributed by atoms with Gasteiger partial charge < -0.3 is 10.4 Å². The third kappa shape index (κ3) is 6.34. The summed E-state index contributed by atoms with van der Waals surface area (Å²) in [5.74, 6) is 0. The van der Waals surface area contributed by atoms with Gasteiger partial charge in [-0.3, -0.25) is 0 Å². The molecule has 8 nitrogen and oxygen atoms in total. The van der Waals surface area contributed by atoms with Gasteiger partial charge in [0.25, 0.3) is 0 Å². The number of nitriles is 4. The number of nitrogens with zero attached hydrogens (tertiary/aromatic N) is 6. The molecule has 0 heterocycles. The highest BCUT2D eigenvalue weighted by molar-refractivity contribution is 5.80. The summed E-state index contributed by atoms with van der Waals surface area (Å²) in [6.45, 7) is 6.76. The van der Waals surface area contributed by atoms with Crippen LogP contribution in [0.25, 0.3) is 0 Å². The van der Waals surface area contributed by atoms with Gasteiger partial charge in [0, 0.05) is 24.4 Å². The van der Waals surface area contributed by atoms with Gasteiger partial charge in [0.2, 0.25) is 0 Å². The zero-order valence-electron chi connectivity index (χ0n) is 26.5. The van der Waals surface area contributed by atoms with Crippen LogP contribution in [0.2, 0.25) is 0 Å². The van der Waals surface area contributed by atoms with Crippen molar-refractivity contribution in [2.75, 3.05) is 0 Å². The van der Waals surface area contributed by atoms with Gasteiger partial charge in [-0.25, -0.2) is 0 Å². The molecule has 2 aromatic carbocycles. The van der Waals surface area contributed by atoms with Gasteiger partial charge in [-0.05, 0) is 58.9 Å². The summed E-state index contributed by atoms with van der Waals surface area (Å²) in [5.41, 5.74) is -3.08. The van der Waals surface area contributed by atoms with E-state index >= 15 is 0 Å². The summed E-state index contributed by atoms with van der Waals surface area (Å²) in [5, 5.41) is 64.5. The Bertz CT molecular complexity index is 1440. The first-order valence-electron chi connectivity index (χ1n) is 15.6. The highest BCUT2D eigenvalue weighted by atomic mass is 16.5. The average molecular weight is 593 g/mol. The Labute approximate surface area is 262 Å². The van der Waals surface area contributed by atoms with E-state index in [2.05, 4.69) is 24.3 Å². The predicted molar refractivity (Wildman–Crippen MR) is 168 cm³/mol. The van der Waals surface area contributed by atoms with Crippen molar-refractivity contribution in [1.82, 2.24) is 5.06 Å². The molecule has 2 aromatic rings. The van der Waals surface area contributed by atoms with Crippen molar-refractivity contribution in [3.63, 3.8) is 0 Å². The van der Waals surface area contributed by atoms with Crippen LogP contribution in [-0.2, 0) is 11.1 Å². The third-order valence-corrected chi connectivity index (χ3v) is 9.36. The zero-order valence-corrected chi connectivity index (χ0v) is 26.5. The molecule has 0 spiro atoms. The van der Waals surface area contributed by atoms with Crippen LogP contribution in [0.1, 0.15) is 103 Å². The quantitative estimate of drug-likeness (QED) is 0.196. The number of benzene rings is 2. The van der Waals surface area contributed by atoms with E-state index in [1.165, 1.54) is 5.06 Å². The fraction of sp³-hybridized carbons (Fsp3) is 0.528. The molecule has 1 N–H and O–H groups in total. The van der Waals surface area contributed by atoms with Crippen molar-refractivity contribution >= 4 is 5.71 Å². The molecule has 0 aromatic heterocycles. The summed E-state index contributed by atoms with van der Waals surface area (Å²) in [4.78, 5) is 0. The number of hydrogen-bond acceptors (Lipinski definition) is 7. The van der Waals surface area contributed by atoms with Gasteiger partial charge in [0.15, 0.2) is 11.3 Å². The highest BCUT2D eigenvalue weighted by Gasteiger charge is 2.57. The second-order valence-corrected chi connectivity index (χ2v) is 12.9. The molecular formula is C36H44N6O2. The Balaban J connectivity index is 0.000000240. The molecule has 2 saturated carbocycles. The van der Waals surface area contributed by atoms with Crippen LogP contribution in [-0.4, -0.2) is 26.8 Å². The van der Waals surface area contributed by atoms with Crippen LogP contribution in [0.3, 0.4) is 0 Å². The average Bonchev–Trinajstić information content (AvgIpc) is 3.07. The Morgan fingerprint density at radius 2 is 1.16 bits per heavy atom. The van der Waals surface area contributed by atoms with E-state index < -0.39 is 21.9 Å². The van der Waals surface area contributed by atoms with Crippen LogP contribution in [0.5, 0.6) is 0 Å². The molecule has 44 heavy (non-hydrogen) atoms. The topological polar surface area (TPSA) is 145 Å². The lowest BCUT2D eigenvalue weighted by Crippen LogP contribution is -2.57. The molecule has 0 saturated heterocycles. The van der Waals surface area contributed by atoms with Crippen LogP contribution in [0, 0.1) is 61.4 Å². The SMILES string of the molecule is CC(C)(C#N)C(C#N)(c1ccccc1)N(O)C1CCCCC1.CC(C)(C#N)C(C#N)(c1ccccc1)[N+]([O-])=C1CCCCC1. The smallest absolute Gasteiger partial charge is 0.301 e. The van der Waals surface area contributed by atoms with E-state index in [1.54, 1.807) is 52.0 Å². The molecule has 4 rings (SSSR count). The monoisotopic (exact) mass is 592 g/mol. The molecule has 8 heteroatoms. The van der Waals surface area contributed by atoms with E-state index in [4.69, 9.17) is 0 Å². The maximum absolute atomic E-state index is 13.2. The minimum absolute atomic E-state index is 0.0822. The lowest BCUT2D eigenvalue weighted by molar-refractivity contribution is -0.560. The molecule has 2 aliphatic carbocycles. The second kappa shape index (κ2) is 14.5. The summed E-state index contributed by atoms with van der Waals surface area (Å²) in [6.07, 6.45) is 9.44. The first kappa shape index (κ1) is 34.3. The van der Waals surface area contributed by atoms with E-state index in [-0.39, 0.29) is 6.04 Å². The molecule has 0 radical (unpaired) electrons. The van der Waals surface area contributed by atoms with Gasteiger partial charge >= 0.3 is 5.54 Å². The molecule has 2 aliphatic rings. The van der Waals surface area contributed by atoms with E-state index in [1.807, 2.05) is 36.4 Å². The van der Waals surface area contributed by atoms with Crippen molar-refractivity contribution in [2.24, 2.45) is 10.8 Å². The molecule has 0 amide bonds. The van der Waals surface area contributed by atoms with Crippen LogP contribution in [0.4, 0.5) is 0 Å². The Kier molecular flexibility index (Phi) is 11.3. The molecular weight excluding hydrogens is 548 g/mol. The van der Waals surface area contributed by atoms with E-state index in [0.717, 1.165) is 61.8 Å². The lowest BCUT2D eigenvalue weighted by atomic mass is 9.68. The number of hydroxylamine groups is 3. The first-order chi connectivity index (χ1) is 21.0. The summed E-state index contributed by atoms with van der Waals surface area (Å²) in [6, 6.07) is 26.9. The van der Waals surface area contributed by atoms with Crippen LogP contribution in [0.15, 0.2) is 60.7 Å². The largest absolute Gasteiger partial charge is 0.622 e. The number of hydrogen-bond donors (Lipinski definition) is 1.